The highest BCUT2D eigenvalue weighted by molar-refractivity contribution is 6.74. The number of carbonyl (C=O) groups is 1. The molecule has 102 valence electrons. The van der Waals surface area contributed by atoms with Crippen LogP contribution in [0.1, 0.15) is 27.2 Å². The lowest BCUT2D eigenvalue weighted by atomic mass is 10.2. The van der Waals surface area contributed by atoms with Crippen LogP contribution in [0.4, 0.5) is 0 Å². The molecule has 0 aromatic rings. The van der Waals surface area contributed by atoms with Crippen LogP contribution in [-0.4, -0.2) is 51.0 Å². The monoisotopic (exact) mass is 261 g/mol. The molecule has 0 spiro atoms. The first-order valence-electron chi connectivity index (χ1n) is 6.03. The zero-order chi connectivity index (χ0) is 13.9. The quantitative estimate of drug-likeness (QED) is 0.746. The van der Waals surface area contributed by atoms with Crippen molar-refractivity contribution in [1.82, 2.24) is 4.90 Å². The summed E-state index contributed by atoms with van der Waals surface area (Å²) in [7, 11) is 1.87. The van der Waals surface area contributed by atoms with E-state index in [4.69, 9.17) is 4.43 Å². The molecule has 0 aliphatic carbocycles. The number of hydrogen-bond acceptors (Lipinski definition) is 3. The van der Waals surface area contributed by atoms with Crippen LogP contribution in [-0.2, 0) is 9.22 Å². The van der Waals surface area contributed by atoms with E-state index >= 15 is 0 Å². The lowest BCUT2D eigenvalue weighted by Gasteiger charge is -2.38. The largest absolute Gasteiger partial charge is 0.479 e. The fourth-order valence-corrected chi connectivity index (χ4v) is 2.42. The third-order valence-electron chi connectivity index (χ3n) is 3.36. The van der Waals surface area contributed by atoms with Gasteiger partial charge in [0.2, 0.25) is 0 Å². The van der Waals surface area contributed by atoms with E-state index < -0.39 is 20.4 Å². The van der Waals surface area contributed by atoms with Crippen molar-refractivity contribution < 1.29 is 14.3 Å². The molecule has 1 atom stereocenters. The third kappa shape index (κ3) is 5.65. The number of carboxylic acids is 1. The minimum absolute atomic E-state index is 0.0405. The predicted octanol–water partition coefficient (Wildman–Crippen LogP) is 2.41. The average molecular weight is 261 g/mol. The van der Waals surface area contributed by atoms with Gasteiger partial charge in [-0.25, -0.2) is 4.79 Å². The van der Waals surface area contributed by atoms with Crippen LogP contribution in [0.15, 0.2) is 0 Å². The highest BCUT2D eigenvalue weighted by atomic mass is 28.4. The number of aliphatic carboxylic acids is 1. The second kappa shape index (κ2) is 5.98. The third-order valence-corrected chi connectivity index (χ3v) is 7.84. The number of hydrogen-bond donors (Lipinski definition) is 1. The Morgan fingerprint density at radius 2 is 1.82 bits per heavy atom. The van der Waals surface area contributed by atoms with Crippen molar-refractivity contribution in [3.05, 3.63) is 0 Å². The van der Waals surface area contributed by atoms with Crippen molar-refractivity contribution in [2.45, 2.75) is 51.4 Å². The Labute approximate surface area is 106 Å². The Hall–Kier alpha value is -0.393. The highest BCUT2D eigenvalue weighted by Crippen LogP contribution is 2.37. The standard InChI is InChI=1S/C12H27NO3Si/c1-12(2,3)17(6,7)16-10(11(14)15)8-9-13(4)5/h10H,8-9H2,1-7H3,(H,14,15)/t10-/m0/s1. The molecule has 5 heteroatoms. The van der Waals surface area contributed by atoms with Crippen molar-refractivity contribution in [3.8, 4) is 0 Å². The molecule has 0 aliphatic rings. The van der Waals surface area contributed by atoms with Crippen molar-refractivity contribution in [1.29, 1.82) is 0 Å². The van der Waals surface area contributed by atoms with Gasteiger partial charge in [-0.1, -0.05) is 20.8 Å². The van der Waals surface area contributed by atoms with Gasteiger partial charge in [-0.05, 0) is 38.6 Å². The molecule has 0 radical (unpaired) electrons. The lowest BCUT2D eigenvalue weighted by molar-refractivity contribution is -0.146. The molecule has 0 saturated carbocycles. The van der Waals surface area contributed by atoms with Crippen molar-refractivity contribution >= 4 is 14.3 Å². The molecule has 0 aliphatic heterocycles. The number of rotatable bonds is 6. The summed E-state index contributed by atoms with van der Waals surface area (Å²) in [6.07, 6.45) is -0.146. The van der Waals surface area contributed by atoms with Gasteiger partial charge in [-0.2, -0.15) is 0 Å². The van der Waals surface area contributed by atoms with Gasteiger partial charge in [0, 0.05) is 6.54 Å². The molecule has 0 amide bonds. The normalized spacial score (nSPS) is 15.1. The zero-order valence-electron chi connectivity index (χ0n) is 12.2. The Bertz CT molecular complexity index is 259. The SMILES string of the molecule is CN(C)CC[C@H](O[Si](C)(C)C(C)(C)C)C(=O)O. The van der Waals surface area contributed by atoms with Crippen LogP contribution in [0.2, 0.25) is 18.1 Å². The van der Waals surface area contributed by atoms with Crippen LogP contribution >= 0.6 is 0 Å². The second-order valence-corrected chi connectivity index (χ2v) is 11.1. The van der Waals surface area contributed by atoms with Gasteiger partial charge < -0.3 is 14.4 Å². The van der Waals surface area contributed by atoms with Gasteiger partial charge in [0.15, 0.2) is 8.32 Å². The maximum Gasteiger partial charge on any atom is 0.331 e. The van der Waals surface area contributed by atoms with E-state index in [2.05, 4.69) is 33.9 Å². The first-order valence-corrected chi connectivity index (χ1v) is 8.93. The van der Waals surface area contributed by atoms with Gasteiger partial charge in [0.1, 0.15) is 6.10 Å². The molecule has 17 heavy (non-hydrogen) atoms. The van der Waals surface area contributed by atoms with Gasteiger partial charge in [0.25, 0.3) is 0 Å². The van der Waals surface area contributed by atoms with Gasteiger partial charge >= 0.3 is 5.97 Å². The van der Waals surface area contributed by atoms with Gasteiger partial charge in [-0.15, -0.1) is 0 Å². The summed E-state index contributed by atoms with van der Waals surface area (Å²) in [6.45, 7) is 11.2. The molecule has 0 heterocycles. The molecule has 0 bridgehead atoms. The van der Waals surface area contributed by atoms with E-state index in [1.807, 2.05) is 19.0 Å². The molecular formula is C12H27NO3Si. The topological polar surface area (TPSA) is 49.8 Å². The molecule has 1 N–H and O–H groups in total. The molecule has 4 nitrogen and oxygen atoms in total. The fraction of sp³-hybridized carbons (Fsp3) is 0.917. The molecule has 0 saturated heterocycles. The van der Waals surface area contributed by atoms with Crippen molar-refractivity contribution in [3.63, 3.8) is 0 Å². The highest BCUT2D eigenvalue weighted by Gasteiger charge is 2.40. The van der Waals surface area contributed by atoms with E-state index in [1.54, 1.807) is 0 Å². The van der Waals surface area contributed by atoms with Crippen LogP contribution in [0, 0.1) is 0 Å². The second-order valence-electron chi connectivity index (χ2n) is 6.30. The van der Waals surface area contributed by atoms with Gasteiger partial charge in [0.05, 0.1) is 0 Å². The summed E-state index contributed by atoms with van der Waals surface area (Å²) >= 11 is 0. The summed E-state index contributed by atoms with van der Waals surface area (Å²) < 4.78 is 5.93. The smallest absolute Gasteiger partial charge is 0.331 e. The first kappa shape index (κ1) is 16.6. The summed E-state index contributed by atoms with van der Waals surface area (Å²) in [5.74, 6) is -0.850. The lowest BCUT2D eigenvalue weighted by Crippen LogP contribution is -2.46. The van der Waals surface area contributed by atoms with E-state index in [0.717, 1.165) is 6.54 Å². The van der Waals surface area contributed by atoms with E-state index in [-0.39, 0.29) is 5.04 Å². The summed E-state index contributed by atoms with van der Waals surface area (Å²) in [5, 5.41) is 9.23. The Morgan fingerprint density at radius 1 is 1.35 bits per heavy atom. The zero-order valence-corrected chi connectivity index (χ0v) is 13.2. The maximum atomic E-state index is 11.2. The van der Waals surface area contributed by atoms with Crippen LogP contribution in [0.25, 0.3) is 0 Å². The minimum Gasteiger partial charge on any atom is -0.479 e. The minimum atomic E-state index is -2.00. The summed E-state index contributed by atoms with van der Waals surface area (Å²) in [4.78, 5) is 13.2. The van der Waals surface area contributed by atoms with E-state index in [0.29, 0.717) is 6.42 Å². The predicted molar refractivity (Wildman–Crippen MR) is 72.9 cm³/mol. The fourth-order valence-electron chi connectivity index (χ4n) is 1.14. The first-order chi connectivity index (χ1) is 7.47. The molecular weight excluding hydrogens is 234 g/mol. The molecule has 0 aromatic heterocycles. The van der Waals surface area contributed by atoms with Crippen LogP contribution < -0.4 is 0 Å². The van der Waals surface area contributed by atoms with Gasteiger partial charge in [-0.3, -0.25) is 0 Å². The molecule has 0 unspecified atom stereocenters. The average Bonchev–Trinajstić information content (AvgIpc) is 2.09. The Balaban J connectivity index is 4.60. The number of carboxylic acid groups (broad SMARTS) is 1. The van der Waals surface area contributed by atoms with Crippen LogP contribution in [0.3, 0.4) is 0 Å². The Morgan fingerprint density at radius 3 is 2.12 bits per heavy atom. The van der Waals surface area contributed by atoms with E-state index in [1.165, 1.54) is 0 Å². The number of nitrogens with zero attached hydrogens (tertiary/aromatic N) is 1. The van der Waals surface area contributed by atoms with E-state index in [9.17, 15) is 9.90 Å². The molecule has 0 fully saturated rings. The molecule has 0 aromatic carbocycles. The maximum absolute atomic E-state index is 11.2. The molecule has 0 rings (SSSR count). The van der Waals surface area contributed by atoms with Crippen molar-refractivity contribution in [2.75, 3.05) is 20.6 Å². The Kier molecular flexibility index (Phi) is 5.84. The summed E-state index contributed by atoms with van der Waals surface area (Å²) in [6, 6.07) is 0. The van der Waals surface area contributed by atoms with Crippen LogP contribution in [0.5, 0.6) is 0 Å². The summed E-state index contributed by atoms with van der Waals surface area (Å²) in [5.41, 5.74) is 0. The van der Waals surface area contributed by atoms with Crippen molar-refractivity contribution in [2.24, 2.45) is 0 Å².